The zero-order chi connectivity index (χ0) is 11.7. The number of carbonyl (C=O) groups is 2. The quantitative estimate of drug-likeness (QED) is 0.596. The standard InChI is InChI=1S/C11H18N2O3/c12-10(15)9(14)5-13-11(16)8-4-6-1-2-7(8)3-6/h6-9,14H,1-5H2,(H2,12,15)(H,13,16). The van der Waals surface area contributed by atoms with E-state index in [2.05, 4.69) is 5.32 Å². The van der Waals surface area contributed by atoms with Crippen molar-refractivity contribution in [3.05, 3.63) is 0 Å². The molecule has 0 aromatic heterocycles. The predicted octanol–water partition coefficient (Wildman–Crippen LogP) is -0.615. The molecule has 2 aliphatic carbocycles. The van der Waals surface area contributed by atoms with Crippen LogP contribution in [-0.4, -0.2) is 29.6 Å². The first-order chi connectivity index (χ1) is 7.58. The maximum atomic E-state index is 11.8. The number of aliphatic hydroxyl groups excluding tert-OH is 1. The summed E-state index contributed by atoms with van der Waals surface area (Å²) >= 11 is 0. The Morgan fingerprint density at radius 1 is 1.38 bits per heavy atom. The van der Waals surface area contributed by atoms with Gasteiger partial charge in [-0.3, -0.25) is 9.59 Å². The van der Waals surface area contributed by atoms with Crippen LogP contribution in [0.5, 0.6) is 0 Å². The van der Waals surface area contributed by atoms with Gasteiger partial charge in [0, 0.05) is 5.92 Å². The Labute approximate surface area is 94.4 Å². The lowest BCUT2D eigenvalue weighted by Crippen LogP contribution is -2.42. The van der Waals surface area contributed by atoms with Crippen LogP contribution in [0.2, 0.25) is 0 Å². The van der Waals surface area contributed by atoms with Gasteiger partial charge in [-0.15, -0.1) is 0 Å². The summed E-state index contributed by atoms with van der Waals surface area (Å²) in [5.41, 5.74) is 4.90. The van der Waals surface area contributed by atoms with Gasteiger partial charge < -0.3 is 16.2 Å². The molecular formula is C11H18N2O3. The molecule has 4 unspecified atom stereocenters. The minimum atomic E-state index is -1.28. The maximum Gasteiger partial charge on any atom is 0.248 e. The van der Waals surface area contributed by atoms with E-state index in [0.29, 0.717) is 11.8 Å². The number of hydrogen-bond donors (Lipinski definition) is 3. The van der Waals surface area contributed by atoms with Gasteiger partial charge in [0.2, 0.25) is 11.8 Å². The zero-order valence-electron chi connectivity index (χ0n) is 9.19. The average molecular weight is 226 g/mol. The summed E-state index contributed by atoms with van der Waals surface area (Å²) in [6.07, 6.45) is 3.24. The Kier molecular flexibility index (Phi) is 3.14. The fourth-order valence-corrected chi connectivity index (χ4v) is 2.99. The van der Waals surface area contributed by atoms with Gasteiger partial charge in [-0.1, -0.05) is 6.42 Å². The molecule has 2 amide bonds. The molecule has 2 aliphatic rings. The van der Waals surface area contributed by atoms with Crippen molar-refractivity contribution in [2.24, 2.45) is 23.5 Å². The number of nitrogens with one attached hydrogen (secondary N) is 1. The van der Waals surface area contributed by atoms with Crippen molar-refractivity contribution in [2.45, 2.75) is 31.8 Å². The number of aliphatic hydroxyl groups is 1. The first kappa shape index (κ1) is 11.4. The Hall–Kier alpha value is -1.10. The minimum absolute atomic E-state index is 0.0347. The Morgan fingerprint density at radius 3 is 2.62 bits per heavy atom. The third kappa shape index (κ3) is 2.19. The van der Waals surface area contributed by atoms with Crippen molar-refractivity contribution >= 4 is 11.8 Å². The Bertz CT molecular complexity index is 306. The number of amides is 2. The number of rotatable bonds is 4. The molecule has 0 radical (unpaired) electrons. The molecule has 90 valence electrons. The Morgan fingerprint density at radius 2 is 2.12 bits per heavy atom. The highest BCUT2D eigenvalue weighted by Gasteiger charge is 2.42. The van der Waals surface area contributed by atoms with Gasteiger partial charge in [0.25, 0.3) is 0 Å². The van der Waals surface area contributed by atoms with E-state index in [1.165, 1.54) is 6.42 Å². The summed E-state index contributed by atoms with van der Waals surface area (Å²) in [6.45, 7) is -0.0674. The van der Waals surface area contributed by atoms with Crippen molar-refractivity contribution in [2.75, 3.05) is 6.54 Å². The Balaban J connectivity index is 1.78. The first-order valence-electron chi connectivity index (χ1n) is 5.83. The number of fused-ring (bicyclic) bond motifs is 2. The molecule has 2 rings (SSSR count). The van der Waals surface area contributed by atoms with Gasteiger partial charge in [-0.05, 0) is 31.1 Å². The van der Waals surface area contributed by atoms with Crippen molar-refractivity contribution < 1.29 is 14.7 Å². The van der Waals surface area contributed by atoms with E-state index < -0.39 is 12.0 Å². The number of carbonyl (C=O) groups excluding carboxylic acids is 2. The summed E-state index contributed by atoms with van der Waals surface area (Å²) in [5, 5.41) is 11.8. The van der Waals surface area contributed by atoms with Crippen LogP contribution in [0.1, 0.15) is 25.7 Å². The number of primary amides is 1. The minimum Gasteiger partial charge on any atom is -0.381 e. The van der Waals surface area contributed by atoms with E-state index in [0.717, 1.165) is 19.3 Å². The SMILES string of the molecule is NC(=O)C(O)CNC(=O)C1CC2CCC1C2. The lowest BCUT2D eigenvalue weighted by molar-refractivity contribution is -0.129. The van der Waals surface area contributed by atoms with E-state index in [9.17, 15) is 9.59 Å². The second-order valence-corrected chi connectivity index (χ2v) is 4.94. The topological polar surface area (TPSA) is 92.4 Å². The van der Waals surface area contributed by atoms with Gasteiger partial charge in [-0.2, -0.15) is 0 Å². The molecule has 2 saturated carbocycles. The second kappa shape index (κ2) is 4.41. The van der Waals surface area contributed by atoms with Crippen molar-refractivity contribution in [1.29, 1.82) is 0 Å². The highest BCUT2D eigenvalue weighted by molar-refractivity contribution is 5.82. The smallest absolute Gasteiger partial charge is 0.248 e. The highest BCUT2D eigenvalue weighted by atomic mass is 16.3. The third-order valence-electron chi connectivity index (χ3n) is 3.87. The molecule has 0 aromatic carbocycles. The fraction of sp³-hybridized carbons (Fsp3) is 0.818. The molecule has 16 heavy (non-hydrogen) atoms. The van der Waals surface area contributed by atoms with E-state index in [1.807, 2.05) is 0 Å². The van der Waals surface area contributed by atoms with Gasteiger partial charge in [0.05, 0.1) is 6.54 Å². The van der Waals surface area contributed by atoms with Crippen molar-refractivity contribution in [3.63, 3.8) is 0 Å². The van der Waals surface area contributed by atoms with Gasteiger partial charge in [-0.25, -0.2) is 0 Å². The zero-order valence-corrected chi connectivity index (χ0v) is 9.19. The third-order valence-corrected chi connectivity index (χ3v) is 3.87. The fourth-order valence-electron chi connectivity index (χ4n) is 2.99. The van der Waals surface area contributed by atoms with Crippen LogP contribution >= 0.6 is 0 Å². The van der Waals surface area contributed by atoms with Crippen LogP contribution in [0.25, 0.3) is 0 Å². The summed E-state index contributed by atoms with van der Waals surface area (Å²) in [5.74, 6) is 0.470. The molecule has 4 N–H and O–H groups in total. The van der Waals surface area contributed by atoms with Gasteiger partial charge in [0.1, 0.15) is 6.10 Å². The second-order valence-electron chi connectivity index (χ2n) is 4.94. The summed E-state index contributed by atoms with van der Waals surface area (Å²) < 4.78 is 0. The summed E-state index contributed by atoms with van der Waals surface area (Å²) in [7, 11) is 0. The number of hydrogen-bond acceptors (Lipinski definition) is 3. The highest BCUT2D eigenvalue weighted by Crippen LogP contribution is 2.48. The van der Waals surface area contributed by atoms with Crippen LogP contribution in [0.3, 0.4) is 0 Å². The maximum absolute atomic E-state index is 11.8. The van der Waals surface area contributed by atoms with Crippen LogP contribution in [0.4, 0.5) is 0 Å². The average Bonchev–Trinajstić information content (AvgIpc) is 2.86. The monoisotopic (exact) mass is 226 g/mol. The molecule has 2 fully saturated rings. The van der Waals surface area contributed by atoms with Crippen molar-refractivity contribution in [3.8, 4) is 0 Å². The molecule has 5 heteroatoms. The van der Waals surface area contributed by atoms with Gasteiger partial charge >= 0.3 is 0 Å². The van der Waals surface area contributed by atoms with Crippen LogP contribution < -0.4 is 11.1 Å². The predicted molar refractivity (Wildman–Crippen MR) is 57.1 cm³/mol. The molecule has 0 saturated heterocycles. The molecule has 5 nitrogen and oxygen atoms in total. The van der Waals surface area contributed by atoms with Gasteiger partial charge in [0.15, 0.2) is 0 Å². The van der Waals surface area contributed by atoms with E-state index >= 15 is 0 Å². The normalized spacial score (nSPS) is 33.7. The molecular weight excluding hydrogens is 208 g/mol. The van der Waals surface area contributed by atoms with E-state index in [4.69, 9.17) is 10.8 Å². The van der Waals surface area contributed by atoms with Crippen LogP contribution in [0, 0.1) is 17.8 Å². The molecule has 4 atom stereocenters. The first-order valence-corrected chi connectivity index (χ1v) is 5.83. The van der Waals surface area contributed by atoms with E-state index in [-0.39, 0.29) is 18.4 Å². The van der Waals surface area contributed by atoms with E-state index in [1.54, 1.807) is 0 Å². The van der Waals surface area contributed by atoms with Crippen LogP contribution in [-0.2, 0) is 9.59 Å². The largest absolute Gasteiger partial charge is 0.381 e. The summed E-state index contributed by atoms with van der Waals surface area (Å²) in [6, 6.07) is 0. The molecule has 2 bridgehead atoms. The molecule has 0 spiro atoms. The van der Waals surface area contributed by atoms with Crippen molar-refractivity contribution in [1.82, 2.24) is 5.32 Å². The van der Waals surface area contributed by atoms with Crippen LogP contribution in [0.15, 0.2) is 0 Å². The number of nitrogens with two attached hydrogens (primary N) is 1. The molecule has 0 aromatic rings. The lowest BCUT2D eigenvalue weighted by atomic mass is 9.88. The summed E-state index contributed by atoms with van der Waals surface area (Å²) in [4.78, 5) is 22.4. The molecule has 0 aliphatic heterocycles. The lowest BCUT2D eigenvalue weighted by Gasteiger charge is -2.21. The molecule has 0 heterocycles.